The second-order valence-corrected chi connectivity index (χ2v) is 7.60. The number of benzene rings is 2. The summed E-state index contributed by atoms with van der Waals surface area (Å²) in [5, 5.41) is 12.0. The monoisotopic (exact) mass is 419 g/mol. The summed E-state index contributed by atoms with van der Waals surface area (Å²) in [6.07, 6.45) is 0.737. The van der Waals surface area contributed by atoms with Crippen LogP contribution < -0.4 is 4.74 Å². The molecule has 1 amide bonds. The van der Waals surface area contributed by atoms with E-state index in [1.54, 1.807) is 23.3 Å². The van der Waals surface area contributed by atoms with Gasteiger partial charge in [-0.05, 0) is 41.3 Å². The molecule has 2 heterocycles. The van der Waals surface area contributed by atoms with Crippen molar-refractivity contribution < 1.29 is 13.9 Å². The summed E-state index contributed by atoms with van der Waals surface area (Å²) in [5.74, 6) is 2.54. The minimum atomic E-state index is 0.0231. The van der Waals surface area contributed by atoms with Gasteiger partial charge >= 0.3 is 0 Å². The minimum absolute atomic E-state index is 0.0231. The van der Waals surface area contributed by atoms with Crippen LogP contribution in [0.1, 0.15) is 17.9 Å². The number of aryl methyl sites for hydroxylation is 1. The van der Waals surface area contributed by atoms with Gasteiger partial charge in [0.05, 0.1) is 0 Å². The number of nitrogens with zero attached hydrogens (tertiary/aromatic N) is 3. The van der Waals surface area contributed by atoms with E-state index in [2.05, 4.69) is 10.2 Å². The maximum atomic E-state index is 12.5. The van der Waals surface area contributed by atoms with Crippen molar-refractivity contribution in [1.82, 2.24) is 15.1 Å². The van der Waals surface area contributed by atoms with Gasteiger partial charge in [0.1, 0.15) is 11.5 Å². The number of ether oxygens (including phenoxy) is 1. The van der Waals surface area contributed by atoms with Gasteiger partial charge in [0.15, 0.2) is 0 Å². The number of carbonyl (C=O) groups excluding carboxylic acids is 1. The van der Waals surface area contributed by atoms with Crippen LogP contribution in [0.4, 0.5) is 0 Å². The lowest BCUT2D eigenvalue weighted by Crippen LogP contribution is -2.26. The summed E-state index contributed by atoms with van der Waals surface area (Å²) in [7, 11) is 1.79. The van der Waals surface area contributed by atoms with Crippen LogP contribution in [0.3, 0.4) is 0 Å². The Bertz CT molecular complexity index is 1080. The molecule has 6 nitrogen and oxygen atoms in total. The Kier molecular flexibility index (Phi) is 6.20. The van der Waals surface area contributed by atoms with Crippen LogP contribution in [0.2, 0.25) is 0 Å². The van der Waals surface area contributed by atoms with Gasteiger partial charge in [0.2, 0.25) is 17.7 Å². The second-order valence-electron chi connectivity index (χ2n) is 6.82. The Morgan fingerprint density at radius 2 is 1.80 bits per heavy atom. The minimum Gasteiger partial charge on any atom is -0.457 e. The van der Waals surface area contributed by atoms with Crippen LogP contribution in [0, 0.1) is 0 Å². The SMILES string of the molecule is CN(Cc1ccc(Oc2ccccc2)cc1)C(=O)CCc1nnc(-c2ccsc2)o1. The molecule has 152 valence electrons. The first-order chi connectivity index (χ1) is 14.7. The normalized spacial score (nSPS) is 10.7. The van der Waals surface area contributed by atoms with E-state index < -0.39 is 0 Å². The van der Waals surface area contributed by atoms with Crippen LogP contribution >= 0.6 is 11.3 Å². The Hall–Kier alpha value is -3.45. The first kappa shape index (κ1) is 19.8. The zero-order chi connectivity index (χ0) is 20.8. The molecule has 0 saturated heterocycles. The molecule has 0 aliphatic heterocycles. The molecule has 0 aliphatic rings. The van der Waals surface area contributed by atoms with Crippen LogP contribution in [0.25, 0.3) is 11.5 Å². The highest BCUT2D eigenvalue weighted by Gasteiger charge is 2.14. The Morgan fingerprint density at radius 3 is 2.53 bits per heavy atom. The average Bonchev–Trinajstić information content (AvgIpc) is 3.46. The number of aromatic nitrogens is 2. The van der Waals surface area contributed by atoms with Gasteiger partial charge in [-0.3, -0.25) is 4.79 Å². The Morgan fingerprint density at radius 1 is 1.03 bits per heavy atom. The van der Waals surface area contributed by atoms with Crippen molar-refractivity contribution in [3.63, 3.8) is 0 Å². The second kappa shape index (κ2) is 9.37. The molecule has 0 N–H and O–H groups in total. The van der Waals surface area contributed by atoms with Gasteiger partial charge in [-0.1, -0.05) is 30.3 Å². The first-order valence-electron chi connectivity index (χ1n) is 9.58. The third-order valence-corrected chi connectivity index (χ3v) is 5.22. The maximum Gasteiger partial charge on any atom is 0.248 e. The number of carbonyl (C=O) groups is 1. The molecule has 0 radical (unpaired) electrons. The number of amides is 1. The predicted octanol–water partition coefficient (Wildman–Crippen LogP) is 5.18. The molecule has 4 rings (SSSR count). The average molecular weight is 420 g/mol. The molecule has 30 heavy (non-hydrogen) atoms. The standard InChI is InChI=1S/C23H21N3O3S/c1-26(15-17-7-9-20(10-8-17)28-19-5-3-2-4-6-19)22(27)12-11-21-24-25-23(29-21)18-13-14-30-16-18/h2-10,13-14,16H,11-12,15H2,1H3. The summed E-state index contributed by atoms with van der Waals surface area (Å²) >= 11 is 1.57. The number of thiophene rings is 1. The summed E-state index contributed by atoms with van der Waals surface area (Å²) in [6.45, 7) is 0.522. The number of para-hydroxylation sites is 1. The fraction of sp³-hybridized carbons (Fsp3) is 0.174. The first-order valence-corrected chi connectivity index (χ1v) is 10.5. The highest BCUT2D eigenvalue weighted by atomic mass is 32.1. The smallest absolute Gasteiger partial charge is 0.248 e. The Labute approximate surface area is 178 Å². The molecule has 2 aromatic heterocycles. The van der Waals surface area contributed by atoms with Crippen molar-refractivity contribution in [2.75, 3.05) is 7.05 Å². The van der Waals surface area contributed by atoms with Gasteiger partial charge in [0, 0.05) is 37.4 Å². The lowest BCUT2D eigenvalue weighted by Gasteiger charge is -2.17. The fourth-order valence-electron chi connectivity index (χ4n) is 2.91. The zero-order valence-corrected chi connectivity index (χ0v) is 17.3. The summed E-state index contributed by atoms with van der Waals surface area (Å²) < 4.78 is 11.4. The third-order valence-electron chi connectivity index (χ3n) is 4.54. The van der Waals surface area contributed by atoms with E-state index in [0.717, 1.165) is 22.6 Å². The molecular formula is C23H21N3O3S. The molecule has 0 saturated carbocycles. The largest absolute Gasteiger partial charge is 0.457 e. The number of hydrogen-bond donors (Lipinski definition) is 0. The highest BCUT2D eigenvalue weighted by molar-refractivity contribution is 7.08. The summed E-state index contributed by atoms with van der Waals surface area (Å²) in [4.78, 5) is 14.2. The topological polar surface area (TPSA) is 68.5 Å². The molecule has 0 atom stereocenters. The van der Waals surface area contributed by atoms with Crippen molar-refractivity contribution >= 4 is 17.2 Å². The van der Waals surface area contributed by atoms with E-state index in [-0.39, 0.29) is 5.91 Å². The molecule has 0 aliphatic carbocycles. The van der Waals surface area contributed by atoms with Crippen molar-refractivity contribution in [1.29, 1.82) is 0 Å². The molecule has 0 bridgehead atoms. The summed E-state index contributed by atoms with van der Waals surface area (Å²) in [5.41, 5.74) is 1.94. The zero-order valence-electron chi connectivity index (χ0n) is 16.5. The molecule has 0 unspecified atom stereocenters. The van der Waals surface area contributed by atoms with Gasteiger partial charge in [-0.2, -0.15) is 11.3 Å². The lowest BCUT2D eigenvalue weighted by atomic mass is 10.2. The van der Waals surface area contributed by atoms with E-state index >= 15 is 0 Å². The van der Waals surface area contributed by atoms with Crippen LogP contribution in [0.15, 0.2) is 75.8 Å². The van der Waals surface area contributed by atoms with Gasteiger partial charge in [-0.25, -0.2) is 0 Å². The molecule has 7 heteroatoms. The number of hydrogen-bond acceptors (Lipinski definition) is 6. The summed E-state index contributed by atoms with van der Waals surface area (Å²) in [6, 6.07) is 19.3. The maximum absolute atomic E-state index is 12.5. The molecule has 2 aromatic carbocycles. The van der Waals surface area contributed by atoms with Gasteiger partial charge in [0.25, 0.3) is 0 Å². The molecular weight excluding hydrogens is 398 g/mol. The van der Waals surface area contributed by atoms with E-state index in [1.165, 1.54) is 0 Å². The highest BCUT2D eigenvalue weighted by Crippen LogP contribution is 2.22. The van der Waals surface area contributed by atoms with Crippen molar-refractivity contribution in [2.24, 2.45) is 0 Å². The van der Waals surface area contributed by atoms with E-state index in [9.17, 15) is 4.79 Å². The number of rotatable bonds is 8. The third kappa shape index (κ3) is 5.12. The van der Waals surface area contributed by atoms with Gasteiger partial charge < -0.3 is 14.1 Å². The van der Waals surface area contributed by atoms with Crippen LogP contribution in [0.5, 0.6) is 11.5 Å². The van der Waals surface area contributed by atoms with Gasteiger partial charge in [-0.15, -0.1) is 10.2 Å². The van der Waals surface area contributed by atoms with E-state index in [0.29, 0.717) is 31.2 Å². The van der Waals surface area contributed by atoms with E-state index in [4.69, 9.17) is 9.15 Å². The molecule has 0 spiro atoms. The molecule has 4 aromatic rings. The predicted molar refractivity (Wildman–Crippen MR) is 115 cm³/mol. The van der Waals surface area contributed by atoms with Crippen LogP contribution in [-0.2, 0) is 17.8 Å². The van der Waals surface area contributed by atoms with Crippen molar-refractivity contribution in [3.05, 3.63) is 82.9 Å². The fourth-order valence-corrected chi connectivity index (χ4v) is 3.54. The van der Waals surface area contributed by atoms with Crippen molar-refractivity contribution in [3.8, 4) is 23.0 Å². The van der Waals surface area contributed by atoms with E-state index in [1.807, 2.05) is 71.4 Å². The molecule has 0 fully saturated rings. The Balaban J connectivity index is 1.27. The quantitative estimate of drug-likeness (QED) is 0.394. The van der Waals surface area contributed by atoms with Crippen LogP contribution in [-0.4, -0.2) is 28.1 Å². The van der Waals surface area contributed by atoms with Crippen molar-refractivity contribution in [2.45, 2.75) is 19.4 Å². The lowest BCUT2D eigenvalue weighted by molar-refractivity contribution is -0.130.